The topological polar surface area (TPSA) is 44.1 Å². The first-order valence-corrected chi connectivity index (χ1v) is 7.19. The molecule has 0 amide bonds. The van der Waals surface area contributed by atoms with Gasteiger partial charge in [0.25, 0.3) is 0 Å². The van der Waals surface area contributed by atoms with E-state index in [1.807, 2.05) is 35.1 Å². The molecule has 0 radical (unpaired) electrons. The van der Waals surface area contributed by atoms with Crippen LogP contribution in [0.2, 0.25) is 0 Å². The zero-order valence-electron chi connectivity index (χ0n) is 12.7. The van der Waals surface area contributed by atoms with Gasteiger partial charge in [0.1, 0.15) is 5.75 Å². The number of hydrogen-bond acceptors (Lipinski definition) is 3. The van der Waals surface area contributed by atoms with Gasteiger partial charge in [-0.2, -0.15) is 5.10 Å². The fourth-order valence-corrected chi connectivity index (χ4v) is 2.87. The molecule has 0 atom stereocenters. The molecular formula is C17H20N2O2. The summed E-state index contributed by atoms with van der Waals surface area (Å²) in [6.45, 7) is 4.91. The third-order valence-electron chi connectivity index (χ3n) is 3.93. The van der Waals surface area contributed by atoms with Crippen LogP contribution in [0.4, 0.5) is 0 Å². The van der Waals surface area contributed by atoms with Crippen LogP contribution in [0.1, 0.15) is 41.9 Å². The molecule has 2 aromatic rings. The van der Waals surface area contributed by atoms with Gasteiger partial charge in [0.15, 0.2) is 5.78 Å². The molecule has 0 saturated carbocycles. The van der Waals surface area contributed by atoms with E-state index in [4.69, 9.17) is 4.74 Å². The van der Waals surface area contributed by atoms with Gasteiger partial charge in [0, 0.05) is 12.6 Å². The fourth-order valence-electron chi connectivity index (χ4n) is 2.87. The molecule has 4 heteroatoms. The minimum atomic E-state index is 0.0172. The van der Waals surface area contributed by atoms with Crippen molar-refractivity contribution in [2.75, 3.05) is 7.11 Å². The lowest BCUT2D eigenvalue weighted by Gasteiger charge is -2.26. The highest BCUT2D eigenvalue weighted by Gasteiger charge is 2.33. The number of rotatable bonds is 3. The first-order chi connectivity index (χ1) is 9.97. The van der Waals surface area contributed by atoms with Crippen molar-refractivity contribution in [2.45, 2.75) is 33.2 Å². The highest BCUT2D eigenvalue weighted by atomic mass is 16.5. The van der Waals surface area contributed by atoms with Crippen LogP contribution in [0.5, 0.6) is 5.75 Å². The van der Waals surface area contributed by atoms with Crippen LogP contribution < -0.4 is 4.74 Å². The molecule has 0 spiro atoms. The van der Waals surface area contributed by atoms with Crippen LogP contribution in [0.25, 0.3) is 0 Å². The maximum absolute atomic E-state index is 12.2. The fraction of sp³-hybridized carbons (Fsp3) is 0.412. The number of ether oxygens (including phenoxy) is 1. The molecule has 0 fully saturated rings. The Labute approximate surface area is 124 Å². The van der Waals surface area contributed by atoms with Crippen molar-refractivity contribution in [3.05, 3.63) is 47.3 Å². The second kappa shape index (κ2) is 5.02. The summed E-state index contributed by atoms with van der Waals surface area (Å²) in [6.07, 6.45) is 3.36. The average molecular weight is 284 g/mol. The van der Waals surface area contributed by atoms with E-state index in [1.54, 1.807) is 7.11 Å². The van der Waals surface area contributed by atoms with Crippen molar-refractivity contribution in [1.29, 1.82) is 0 Å². The second-order valence-corrected chi connectivity index (χ2v) is 6.48. The molecule has 0 N–H and O–H groups in total. The van der Waals surface area contributed by atoms with Crippen LogP contribution in [0, 0.1) is 5.41 Å². The Balaban J connectivity index is 1.83. The first kappa shape index (κ1) is 13.9. The Hall–Kier alpha value is -2.10. The summed E-state index contributed by atoms with van der Waals surface area (Å²) in [5, 5.41) is 4.60. The molecule has 0 bridgehead atoms. The van der Waals surface area contributed by atoms with Crippen LogP contribution in [0.3, 0.4) is 0 Å². The highest BCUT2D eigenvalue weighted by Crippen LogP contribution is 2.33. The third-order valence-corrected chi connectivity index (χ3v) is 3.93. The van der Waals surface area contributed by atoms with E-state index in [2.05, 4.69) is 18.9 Å². The van der Waals surface area contributed by atoms with Crippen molar-refractivity contribution in [1.82, 2.24) is 9.78 Å². The van der Waals surface area contributed by atoms with Gasteiger partial charge < -0.3 is 4.74 Å². The number of fused-ring (bicyclic) bond motifs is 1. The van der Waals surface area contributed by atoms with Gasteiger partial charge in [-0.3, -0.25) is 9.48 Å². The van der Waals surface area contributed by atoms with Gasteiger partial charge in [-0.15, -0.1) is 0 Å². The Bertz CT molecular complexity index is 669. The van der Waals surface area contributed by atoms with E-state index in [-0.39, 0.29) is 11.2 Å². The molecular weight excluding hydrogens is 264 g/mol. The minimum Gasteiger partial charge on any atom is -0.497 e. The van der Waals surface area contributed by atoms with E-state index in [0.29, 0.717) is 13.0 Å². The lowest BCUT2D eigenvalue weighted by atomic mass is 9.76. The number of hydrogen-bond donors (Lipinski definition) is 0. The molecule has 0 aliphatic heterocycles. The molecule has 1 heterocycles. The van der Waals surface area contributed by atoms with Gasteiger partial charge in [-0.1, -0.05) is 26.0 Å². The van der Waals surface area contributed by atoms with Crippen LogP contribution in [-0.2, 0) is 13.0 Å². The molecule has 1 aromatic carbocycles. The molecule has 0 saturated heterocycles. The predicted octanol–water partition coefficient (Wildman–Crippen LogP) is 3.10. The van der Waals surface area contributed by atoms with Crippen LogP contribution in [-0.4, -0.2) is 22.7 Å². The molecule has 21 heavy (non-hydrogen) atoms. The zero-order valence-corrected chi connectivity index (χ0v) is 12.7. The largest absolute Gasteiger partial charge is 0.497 e. The van der Waals surface area contributed by atoms with Crippen LogP contribution >= 0.6 is 0 Å². The number of ketones is 1. The van der Waals surface area contributed by atoms with Gasteiger partial charge in [0.05, 0.1) is 24.9 Å². The summed E-state index contributed by atoms with van der Waals surface area (Å²) in [4.78, 5) is 12.2. The van der Waals surface area contributed by atoms with Crippen molar-refractivity contribution < 1.29 is 9.53 Å². The van der Waals surface area contributed by atoms with E-state index in [1.165, 1.54) is 0 Å². The minimum absolute atomic E-state index is 0.0172. The number of Topliss-reactive ketones (excluding diaryl/α,β-unsaturated/α-hetero) is 1. The number of nitrogens with zero attached hydrogens (tertiary/aromatic N) is 2. The molecule has 0 unspecified atom stereocenters. The maximum atomic E-state index is 12.2. The van der Waals surface area contributed by atoms with Crippen molar-refractivity contribution in [2.24, 2.45) is 5.41 Å². The number of carbonyl (C=O) groups excluding carboxylic acids is 1. The van der Waals surface area contributed by atoms with Crippen molar-refractivity contribution >= 4 is 5.78 Å². The summed E-state index contributed by atoms with van der Waals surface area (Å²) in [7, 11) is 1.66. The lowest BCUT2D eigenvalue weighted by molar-refractivity contribution is 0.0912. The van der Waals surface area contributed by atoms with Gasteiger partial charge in [-0.05, 0) is 29.5 Å². The molecule has 3 rings (SSSR count). The van der Waals surface area contributed by atoms with Gasteiger partial charge in [0.2, 0.25) is 0 Å². The van der Waals surface area contributed by atoms with E-state index in [0.717, 1.165) is 29.0 Å². The number of methoxy groups -OCH3 is 1. The Kier molecular flexibility index (Phi) is 3.32. The monoisotopic (exact) mass is 284 g/mol. The van der Waals surface area contributed by atoms with E-state index < -0.39 is 0 Å². The first-order valence-electron chi connectivity index (χ1n) is 7.19. The summed E-state index contributed by atoms with van der Waals surface area (Å²) in [6, 6.07) is 7.91. The number of carbonyl (C=O) groups is 1. The van der Waals surface area contributed by atoms with Crippen LogP contribution in [0.15, 0.2) is 30.5 Å². The molecule has 4 nitrogen and oxygen atoms in total. The van der Waals surface area contributed by atoms with Crippen molar-refractivity contribution in [3.8, 4) is 5.75 Å². The average Bonchev–Trinajstić information content (AvgIpc) is 2.81. The predicted molar refractivity (Wildman–Crippen MR) is 80.8 cm³/mol. The molecule has 1 aromatic heterocycles. The highest BCUT2D eigenvalue weighted by molar-refractivity contribution is 5.98. The summed E-state index contributed by atoms with van der Waals surface area (Å²) >= 11 is 0. The summed E-state index contributed by atoms with van der Waals surface area (Å²) < 4.78 is 7.02. The zero-order chi connectivity index (χ0) is 15.0. The normalized spacial score (nSPS) is 16.6. The summed E-state index contributed by atoms with van der Waals surface area (Å²) in [5.74, 6) is 1.05. The molecule has 1 aliphatic carbocycles. The van der Waals surface area contributed by atoms with E-state index >= 15 is 0 Å². The molecule has 1 aliphatic rings. The third kappa shape index (κ3) is 2.84. The van der Waals surface area contributed by atoms with Crippen molar-refractivity contribution in [3.63, 3.8) is 0 Å². The lowest BCUT2D eigenvalue weighted by Crippen LogP contribution is -2.26. The standard InChI is InChI=1S/C17H20N2O2/c1-17(2)8-15-14(16(20)9-17)11-19(18-15)10-12-4-6-13(21-3)7-5-12/h4-7,11H,8-10H2,1-3H3. The smallest absolute Gasteiger partial charge is 0.166 e. The molecule has 110 valence electrons. The Morgan fingerprint density at radius 3 is 2.62 bits per heavy atom. The van der Waals surface area contributed by atoms with Gasteiger partial charge >= 0.3 is 0 Å². The quantitative estimate of drug-likeness (QED) is 0.870. The SMILES string of the molecule is COc1ccc(Cn2cc3c(n2)CC(C)(C)CC3=O)cc1. The Morgan fingerprint density at radius 1 is 1.24 bits per heavy atom. The van der Waals surface area contributed by atoms with Gasteiger partial charge in [-0.25, -0.2) is 0 Å². The summed E-state index contributed by atoms with van der Waals surface area (Å²) in [5.41, 5.74) is 2.89. The Morgan fingerprint density at radius 2 is 1.95 bits per heavy atom. The number of aromatic nitrogens is 2. The van der Waals surface area contributed by atoms with E-state index in [9.17, 15) is 4.79 Å². The number of benzene rings is 1. The second-order valence-electron chi connectivity index (χ2n) is 6.48. The maximum Gasteiger partial charge on any atom is 0.166 e.